The molecule has 0 saturated carbocycles. The summed E-state index contributed by atoms with van der Waals surface area (Å²) in [6.07, 6.45) is 0.295. The van der Waals surface area contributed by atoms with Crippen LogP contribution in [0.3, 0.4) is 0 Å². The highest BCUT2D eigenvalue weighted by molar-refractivity contribution is 7.85. The summed E-state index contributed by atoms with van der Waals surface area (Å²) in [4.78, 5) is 14.2. The van der Waals surface area contributed by atoms with Crippen molar-refractivity contribution in [3.63, 3.8) is 0 Å². The van der Waals surface area contributed by atoms with E-state index in [-0.39, 0.29) is 30.0 Å². The van der Waals surface area contributed by atoms with Gasteiger partial charge in [0, 0.05) is 30.7 Å². The minimum absolute atomic E-state index is 0.0170. The molecule has 0 spiro atoms. The van der Waals surface area contributed by atoms with Crippen molar-refractivity contribution in [3.05, 3.63) is 29.3 Å². The van der Waals surface area contributed by atoms with Crippen LogP contribution in [0.15, 0.2) is 18.2 Å². The molecule has 1 aromatic rings. The van der Waals surface area contributed by atoms with E-state index in [1.54, 1.807) is 0 Å². The van der Waals surface area contributed by atoms with E-state index in [4.69, 9.17) is 9.66 Å². The van der Waals surface area contributed by atoms with Gasteiger partial charge < -0.3 is 20.4 Å². The van der Waals surface area contributed by atoms with Crippen LogP contribution in [-0.2, 0) is 26.7 Å². The minimum Gasteiger partial charge on any atom is -0.394 e. The van der Waals surface area contributed by atoms with E-state index in [9.17, 15) is 18.3 Å². The largest absolute Gasteiger partial charge is 0.394 e. The number of nitrogens with one attached hydrogen (secondary N) is 1. The lowest BCUT2D eigenvalue weighted by Crippen LogP contribution is -2.34. The zero-order valence-corrected chi connectivity index (χ0v) is 17.2. The molecular formula is C19H30N2O6S. The molecule has 1 aliphatic rings. The number of hydrogen-bond donors (Lipinski definition) is 4. The highest BCUT2D eigenvalue weighted by atomic mass is 32.2. The van der Waals surface area contributed by atoms with Gasteiger partial charge in [-0.15, -0.1) is 0 Å². The first-order valence-electron chi connectivity index (χ1n) is 9.41. The average molecular weight is 415 g/mol. The van der Waals surface area contributed by atoms with Crippen molar-refractivity contribution in [2.45, 2.75) is 44.6 Å². The van der Waals surface area contributed by atoms with Gasteiger partial charge >= 0.3 is 0 Å². The van der Waals surface area contributed by atoms with Crippen molar-refractivity contribution in [2.75, 3.05) is 36.9 Å². The van der Waals surface area contributed by atoms with Gasteiger partial charge in [0.15, 0.2) is 0 Å². The lowest BCUT2D eigenvalue weighted by atomic mass is 9.86. The van der Waals surface area contributed by atoms with E-state index in [2.05, 4.69) is 24.1 Å². The molecule has 28 heavy (non-hydrogen) atoms. The Bertz CT molecular complexity index is 794. The molecule has 0 aliphatic carbocycles. The second kappa shape index (κ2) is 9.21. The predicted octanol–water partition coefficient (Wildman–Crippen LogP) is 0.464. The second-order valence-corrected chi connectivity index (χ2v) is 9.54. The Labute approximate surface area is 166 Å². The fraction of sp³-hybridized carbons (Fsp3) is 0.632. The normalized spacial score (nSPS) is 16.7. The summed E-state index contributed by atoms with van der Waals surface area (Å²) in [5.41, 5.74) is 2.99. The number of nitrogens with zero attached hydrogens (tertiary/aromatic N) is 1. The molecule has 1 unspecified atom stereocenters. The summed E-state index contributed by atoms with van der Waals surface area (Å²) in [6, 6.07) is 5.90. The van der Waals surface area contributed by atoms with Crippen LogP contribution in [0.1, 0.15) is 37.8 Å². The Kier molecular flexibility index (Phi) is 7.44. The summed E-state index contributed by atoms with van der Waals surface area (Å²) < 4.78 is 30.5. The van der Waals surface area contributed by atoms with Gasteiger partial charge in [0.25, 0.3) is 10.1 Å². The number of aliphatic hydroxyl groups is 2. The van der Waals surface area contributed by atoms with Crippen molar-refractivity contribution < 1.29 is 28.0 Å². The van der Waals surface area contributed by atoms with Gasteiger partial charge in [0.05, 0.1) is 24.9 Å². The van der Waals surface area contributed by atoms with Gasteiger partial charge in [-0.2, -0.15) is 8.42 Å². The first-order chi connectivity index (χ1) is 13.0. The first kappa shape index (κ1) is 22.6. The number of unbranched alkanes of at least 4 members (excludes halogenated alkanes) is 1. The molecule has 0 saturated heterocycles. The summed E-state index contributed by atoms with van der Waals surface area (Å²) in [6.45, 7) is 5.38. The van der Waals surface area contributed by atoms with E-state index in [1.165, 1.54) is 0 Å². The summed E-state index contributed by atoms with van der Waals surface area (Å²) in [5.74, 6) is -0.443. The van der Waals surface area contributed by atoms with E-state index < -0.39 is 22.8 Å². The molecule has 0 fully saturated rings. The molecule has 9 heteroatoms. The molecule has 2 rings (SSSR count). The first-order valence-corrected chi connectivity index (χ1v) is 11.0. The monoisotopic (exact) mass is 414 g/mol. The summed E-state index contributed by atoms with van der Waals surface area (Å²) in [7, 11) is -3.92. The Morgan fingerprint density at radius 3 is 2.68 bits per heavy atom. The molecule has 0 bridgehead atoms. The van der Waals surface area contributed by atoms with Crippen LogP contribution in [0.4, 0.5) is 5.69 Å². The summed E-state index contributed by atoms with van der Waals surface area (Å²) in [5, 5.41) is 20.7. The number of hydrogen-bond acceptors (Lipinski definition) is 6. The minimum atomic E-state index is -3.92. The van der Waals surface area contributed by atoms with E-state index in [1.807, 2.05) is 18.2 Å². The van der Waals surface area contributed by atoms with Gasteiger partial charge in [0.2, 0.25) is 5.91 Å². The van der Waals surface area contributed by atoms with E-state index in [0.717, 1.165) is 23.4 Å². The van der Waals surface area contributed by atoms with Gasteiger partial charge in [0.1, 0.15) is 0 Å². The molecule has 1 aromatic carbocycles. The molecule has 1 amide bonds. The number of carbonyl (C=O) groups is 1. The third-order valence-corrected chi connectivity index (χ3v) is 5.71. The number of benzene rings is 1. The van der Waals surface area contributed by atoms with Crippen LogP contribution in [0.2, 0.25) is 0 Å². The van der Waals surface area contributed by atoms with Crippen LogP contribution in [0.5, 0.6) is 0 Å². The van der Waals surface area contributed by atoms with Gasteiger partial charge in [-0.1, -0.05) is 26.0 Å². The van der Waals surface area contributed by atoms with Crippen LogP contribution in [-0.4, -0.2) is 67.2 Å². The smallest absolute Gasteiger partial charge is 0.264 e. The van der Waals surface area contributed by atoms with Crippen LogP contribution >= 0.6 is 0 Å². The van der Waals surface area contributed by atoms with Gasteiger partial charge in [-0.05, 0) is 30.0 Å². The van der Waals surface area contributed by atoms with E-state index in [0.29, 0.717) is 19.4 Å². The van der Waals surface area contributed by atoms with E-state index >= 15 is 0 Å². The molecule has 0 radical (unpaired) electrons. The summed E-state index contributed by atoms with van der Waals surface area (Å²) >= 11 is 0. The molecule has 158 valence electrons. The molecule has 1 atom stereocenters. The van der Waals surface area contributed by atoms with Crippen molar-refractivity contribution in [2.24, 2.45) is 0 Å². The Morgan fingerprint density at radius 2 is 2.04 bits per heavy atom. The lowest BCUT2D eigenvalue weighted by molar-refractivity contribution is -0.121. The highest BCUT2D eigenvalue weighted by Crippen LogP contribution is 2.41. The van der Waals surface area contributed by atoms with Gasteiger partial charge in [-0.3, -0.25) is 9.35 Å². The number of aliphatic hydroxyl groups excluding tert-OH is 2. The Balaban J connectivity index is 2.00. The van der Waals surface area contributed by atoms with Crippen LogP contribution < -0.4 is 10.2 Å². The van der Waals surface area contributed by atoms with Crippen LogP contribution in [0, 0.1) is 0 Å². The number of anilines is 1. The SMILES string of the molecule is CC1(C)CN(CCCCS(=O)(=O)O)c2ccc(CC(=O)NCC(O)CO)cc21. The fourth-order valence-electron chi connectivity index (χ4n) is 3.49. The van der Waals surface area contributed by atoms with Crippen molar-refractivity contribution in [3.8, 4) is 0 Å². The molecule has 1 aliphatic heterocycles. The van der Waals surface area contributed by atoms with Crippen LogP contribution in [0.25, 0.3) is 0 Å². The number of carbonyl (C=O) groups excluding carboxylic acids is 1. The van der Waals surface area contributed by atoms with Crippen molar-refractivity contribution >= 4 is 21.7 Å². The highest BCUT2D eigenvalue weighted by Gasteiger charge is 2.34. The Hall–Kier alpha value is -1.68. The molecule has 0 aromatic heterocycles. The lowest BCUT2D eigenvalue weighted by Gasteiger charge is -2.22. The second-order valence-electron chi connectivity index (χ2n) is 7.97. The third kappa shape index (κ3) is 6.44. The zero-order chi connectivity index (χ0) is 20.9. The maximum atomic E-state index is 12.0. The predicted molar refractivity (Wildman–Crippen MR) is 107 cm³/mol. The van der Waals surface area contributed by atoms with Crippen molar-refractivity contribution in [1.82, 2.24) is 5.32 Å². The maximum absolute atomic E-state index is 12.0. The Morgan fingerprint density at radius 1 is 1.32 bits per heavy atom. The number of rotatable bonds is 10. The topological polar surface area (TPSA) is 127 Å². The standard InChI is InChI=1S/C19H30N2O6S/c1-19(2)13-21(7-3-4-8-28(25,26)27)17-6-5-14(9-16(17)19)10-18(24)20-11-15(23)12-22/h5-6,9,15,22-23H,3-4,7-8,10-13H2,1-2H3,(H,20,24)(H,25,26,27). The molecule has 8 nitrogen and oxygen atoms in total. The molecule has 1 heterocycles. The van der Waals surface area contributed by atoms with Gasteiger partial charge in [-0.25, -0.2) is 0 Å². The number of fused-ring (bicyclic) bond motifs is 1. The average Bonchev–Trinajstić information content (AvgIpc) is 2.86. The zero-order valence-electron chi connectivity index (χ0n) is 16.4. The number of amides is 1. The maximum Gasteiger partial charge on any atom is 0.264 e. The fourth-order valence-corrected chi connectivity index (χ4v) is 4.06. The third-order valence-electron chi connectivity index (χ3n) is 4.91. The quantitative estimate of drug-likeness (QED) is 0.324. The van der Waals surface area contributed by atoms with Crippen molar-refractivity contribution in [1.29, 1.82) is 0 Å². The molecular weight excluding hydrogens is 384 g/mol. The molecule has 4 N–H and O–H groups in total.